The molecule has 3 N–H and O–H groups in total. The van der Waals surface area contributed by atoms with Crippen LogP contribution in [0.3, 0.4) is 0 Å². The van der Waals surface area contributed by atoms with Gasteiger partial charge in [-0.1, -0.05) is 12.8 Å². The van der Waals surface area contributed by atoms with E-state index in [4.69, 9.17) is 10.5 Å². The molecule has 0 aliphatic heterocycles. The molecule has 23 heavy (non-hydrogen) atoms. The molecule has 1 aromatic carbocycles. The summed E-state index contributed by atoms with van der Waals surface area (Å²) < 4.78 is 42.5. The normalized spacial score (nSPS) is 16.5. The summed E-state index contributed by atoms with van der Waals surface area (Å²) in [6, 6.07) is 4.43. The topological polar surface area (TPSA) is 64.4 Å². The van der Waals surface area contributed by atoms with Crippen LogP contribution in [0.15, 0.2) is 24.3 Å². The highest BCUT2D eigenvalue weighted by Crippen LogP contribution is 2.30. The molecule has 1 saturated carbocycles. The Bertz CT molecular complexity index is 514. The van der Waals surface area contributed by atoms with Crippen molar-refractivity contribution < 1.29 is 22.7 Å². The number of carbonyl (C=O) groups is 1. The summed E-state index contributed by atoms with van der Waals surface area (Å²) in [6.07, 6.45) is -1.10. The van der Waals surface area contributed by atoms with Gasteiger partial charge in [-0.05, 0) is 37.1 Å². The van der Waals surface area contributed by atoms with Gasteiger partial charge in [0, 0.05) is 0 Å². The first-order valence-electron chi connectivity index (χ1n) is 7.18. The number of hydrogen-bond donors (Lipinski definition) is 2. The Balaban J connectivity index is 0.00000264. The zero-order valence-corrected chi connectivity index (χ0v) is 13.3. The Labute approximate surface area is 139 Å². The van der Waals surface area contributed by atoms with Crippen molar-refractivity contribution in [2.24, 2.45) is 5.73 Å². The number of carbonyl (C=O) groups excluding carboxylic acids is 1. The van der Waals surface area contributed by atoms with E-state index >= 15 is 0 Å². The number of halogens is 4. The molecule has 0 aromatic heterocycles. The van der Waals surface area contributed by atoms with E-state index in [0.717, 1.165) is 25.0 Å². The highest BCUT2D eigenvalue weighted by atomic mass is 35.5. The standard InChI is InChI=1S/C15H19F3N2O2.ClH/c16-15(17,18)11-3-5-12(6-4-11)22-10-9-20-13(21)14(19)7-1-2-8-14;/h3-6H,1-2,7-10,19H2,(H,20,21);1H. The van der Waals surface area contributed by atoms with Gasteiger partial charge in [0.05, 0.1) is 17.6 Å². The molecule has 0 heterocycles. The maximum atomic E-state index is 12.4. The van der Waals surface area contributed by atoms with E-state index in [9.17, 15) is 18.0 Å². The fraction of sp³-hybridized carbons (Fsp3) is 0.533. The Kier molecular flexibility index (Phi) is 6.70. The van der Waals surface area contributed by atoms with Crippen LogP contribution in [0.2, 0.25) is 0 Å². The quantitative estimate of drug-likeness (QED) is 0.801. The summed E-state index contributed by atoms with van der Waals surface area (Å²) in [7, 11) is 0. The van der Waals surface area contributed by atoms with E-state index in [1.165, 1.54) is 12.1 Å². The van der Waals surface area contributed by atoms with Gasteiger partial charge < -0.3 is 15.8 Å². The molecule has 1 amide bonds. The minimum atomic E-state index is -4.36. The van der Waals surface area contributed by atoms with Crippen LogP contribution in [-0.2, 0) is 11.0 Å². The molecule has 4 nitrogen and oxygen atoms in total. The van der Waals surface area contributed by atoms with E-state index in [-0.39, 0.29) is 31.5 Å². The number of nitrogens with two attached hydrogens (primary N) is 1. The molecule has 1 fully saturated rings. The highest BCUT2D eigenvalue weighted by Gasteiger charge is 2.36. The molecule has 0 unspecified atom stereocenters. The Morgan fingerprint density at radius 3 is 2.30 bits per heavy atom. The fourth-order valence-corrected chi connectivity index (χ4v) is 2.48. The first-order chi connectivity index (χ1) is 10.3. The van der Waals surface area contributed by atoms with Gasteiger partial charge in [-0.3, -0.25) is 4.79 Å². The van der Waals surface area contributed by atoms with Crippen molar-refractivity contribution in [3.05, 3.63) is 29.8 Å². The van der Waals surface area contributed by atoms with E-state index in [1.807, 2.05) is 0 Å². The van der Waals surface area contributed by atoms with Gasteiger partial charge >= 0.3 is 6.18 Å². The first kappa shape index (κ1) is 19.6. The number of hydrogen-bond acceptors (Lipinski definition) is 3. The van der Waals surface area contributed by atoms with Gasteiger partial charge in [0.2, 0.25) is 5.91 Å². The lowest BCUT2D eigenvalue weighted by atomic mass is 9.98. The Morgan fingerprint density at radius 1 is 1.22 bits per heavy atom. The van der Waals surface area contributed by atoms with Gasteiger partial charge in [-0.25, -0.2) is 0 Å². The summed E-state index contributed by atoms with van der Waals surface area (Å²) in [4.78, 5) is 11.9. The second-order valence-electron chi connectivity index (χ2n) is 5.49. The molecule has 0 atom stereocenters. The third-order valence-electron chi connectivity index (χ3n) is 3.79. The predicted octanol–water partition coefficient (Wildman–Crippen LogP) is 2.89. The van der Waals surface area contributed by atoms with Gasteiger partial charge in [0.15, 0.2) is 0 Å². The van der Waals surface area contributed by atoms with Crippen LogP contribution in [0.1, 0.15) is 31.2 Å². The molecular formula is C15H20ClF3N2O2. The summed E-state index contributed by atoms with van der Waals surface area (Å²) in [6.45, 7) is 0.436. The average Bonchev–Trinajstić information content (AvgIpc) is 2.91. The summed E-state index contributed by atoms with van der Waals surface area (Å²) >= 11 is 0. The Hall–Kier alpha value is -1.47. The fourth-order valence-electron chi connectivity index (χ4n) is 2.48. The SMILES string of the molecule is Cl.NC1(C(=O)NCCOc2ccc(C(F)(F)F)cc2)CCCC1. The molecule has 130 valence electrons. The van der Waals surface area contributed by atoms with Crippen LogP contribution >= 0.6 is 12.4 Å². The number of alkyl halides is 3. The largest absolute Gasteiger partial charge is 0.492 e. The van der Waals surface area contributed by atoms with Gasteiger partial charge in [0.1, 0.15) is 12.4 Å². The molecule has 0 bridgehead atoms. The predicted molar refractivity (Wildman–Crippen MR) is 82.6 cm³/mol. The maximum Gasteiger partial charge on any atom is 0.416 e. The average molecular weight is 353 g/mol. The van der Waals surface area contributed by atoms with Crippen molar-refractivity contribution in [1.29, 1.82) is 0 Å². The smallest absolute Gasteiger partial charge is 0.416 e. The molecule has 8 heteroatoms. The summed E-state index contributed by atoms with van der Waals surface area (Å²) in [5.74, 6) is 0.131. The van der Waals surface area contributed by atoms with Gasteiger partial charge in [-0.2, -0.15) is 13.2 Å². The lowest BCUT2D eigenvalue weighted by Gasteiger charge is -2.22. The van der Waals surface area contributed by atoms with E-state index in [0.29, 0.717) is 18.6 Å². The molecular weight excluding hydrogens is 333 g/mol. The molecule has 0 spiro atoms. The highest BCUT2D eigenvalue weighted by molar-refractivity contribution is 5.86. The van der Waals surface area contributed by atoms with Crippen molar-refractivity contribution in [2.45, 2.75) is 37.4 Å². The van der Waals surface area contributed by atoms with Gasteiger partial charge in [-0.15, -0.1) is 12.4 Å². The monoisotopic (exact) mass is 352 g/mol. The number of amides is 1. The van der Waals surface area contributed by atoms with Crippen LogP contribution in [0, 0.1) is 0 Å². The maximum absolute atomic E-state index is 12.4. The third-order valence-corrected chi connectivity index (χ3v) is 3.79. The van der Waals surface area contributed by atoms with E-state index < -0.39 is 17.3 Å². The lowest BCUT2D eigenvalue weighted by Crippen LogP contribution is -2.52. The molecule has 0 saturated heterocycles. The second-order valence-corrected chi connectivity index (χ2v) is 5.49. The molecule has 2 rings (SSSR count). The third kappa shape index (κ3) is 5.28. The van der Waals surface area contributed by atoms with Gasteiger partial charge in [0.25, 0.3) is 0 Å². The number of nitrogens with one attached hydrogen (secondary N) is 1. The van der Waals surface area contributed by atoms with E-state index in [1.54, 1.807) is 0 Å². The number of benzene rings is 1. The van der Waals surface area contributed by atoms with Crippen LogP contribution in [0.4, 0.5) is 13.2 Å². The minimum absolute atomic E-state index is 0. The van der Waals surface area contributed by atoms with Crippen molar-refractivity contribution in [1.82, 2.24) is 5.32 Å². The molecule has 1 aliphatic carbocycles. The zero-order chi connectivity index (χ0) is 16.2. The zero-order valence-electron chi connectivity index (χ0n) is 12.5. The van der Waals surface area contributed by atoms with Crippen LogP contribution in [0.5, 0.6) is 5.75 Å². The van der Waals surface area contributed by atoms with E-state index in [2.05, 4.69) is 5.32 Å². The molecule has 1 aliphatic rings. The Morgan fingerprint density at radius 2 is 1.78 bits per heavy atom. The minimum Gasteiger partial charge on any atom is -0.492 e. The first-order valence-corrected chi connectivity index (χ1v) is 7.18. The number of rotatable bonds is 5. The van der Waals surface area contributed by atoms with Crippen molar-refractivity contribution in [3.63, 3.8) is 0 Å². The van der Waals surface area contributed by atoms with Crippen molar-refractivity contribution in [3.8, 4) is 5.75 Å². The summed E-state index contributed by atoms with van der Waals surface area (Å²) in [5, 5.41) is 2.70. The lowest BCUT2D eigenvalue weighted by molar-refractivity contribution is -0.137. The summed E-state index contributed by atoms with van der Waals surface area (Å²) in [5.41, 5.74) is 4.49. The van der Waals surface area contributed by atoms with Crippen molar-refractivity contribution in [2.75, 3.05) is 13.2 Å². The number of ether oxygens (including phenoxy) is 1. The van der Waals surface area contributed by atoms with Crippen LogP contribution < -0.4 is 15.8 Å². The van der Waals surface area contributed by atoms with Crippen molar-refractivity contribution >= 4 is 18.3 Å². The van der Waals surface area contributed by atoms with Crippen LogP contribution in [-0.4, -0.2) is 24.6 Å². The molecule has 0 radical (unpaired) electrons. The second kappa shape index (κ2) is 7.88. The van der Waals surface area contributed by atoms with Crippen LogP contribution in [0.25, 0.3) is 0 Å². The molecule has 1 aromatic rings.